The second-order valence-electron chi connectivity index (χ2n) is 5.06. The van der Waals surface area contributed by atoms with Crippen molar-refractivity contribution >= 4 is 44.7 Å². The number of carbonyl (C=O) groups is 2. The number of halogens is 1. The molecule has 0 saturated heterocycles. The van der Waals surface area contributed by atoms with Gasteiger partial charge in [0.05, 0.1) is 21.3 Å². The van der Waals surface area contributed by atoms with E-state index in [0.29, 0.717) is 16.3 Å². The van der Waals surface area contributed by atoms with Gasteiger partial charge in [0.1, 0.15) is 0 Å². The summed E-state index contributed by atoms with van der Waals surface area (Å²) in [5.41, 5.74) is 0.713. The average molecular weight is 408 g/mol. The second kappa shape index (κ2) is 7.10. The van der Waals surface area contributed by atoms with Crippen molar-refractivity contribution in [1.29, 1.82) is 0 Å². The Balaban J connectivity index is 1.57. The van der Waals surface area contributed by atoms with Crippen molar-refractivity contribution in [2.24, 2.45) is 0 Å². The Morgan fingerprint density at radius 3 is 2.88 bits per heavy atom. The first kappa shape index (κ1) is 16.6. The predicted octanol–water partition coefficient (Wildman–Crippen LogP) is 2.16. The van der Waals surface area contributed by atoms with Crippen molar-refractivity contribution in [1.82, 2.24) is 25.2 Å². The lowest BCUT2D eigenvalue weighted by Gasteiger charge is -2.12. The fourth-order valence-electron chi connectivity index (χ4n) is 2.20. The minimum atomic E-state index is -0.331. The maximum absolute atomic E-state index is 12.0. The molecule has 0 aliphatic heterocycles. The summed E-state index contributed by atoms with van der Waals surface area (Å²) >= 11 is 4.61. The molecule has 9 heteroatoms. The molecule has 2 amide bonds. The van der Waals surface area contributed by atoms with Crippen molar-refractivity contribution < 1.29 is 9.59 Å². The van der Waals surface area contributed by atoms with Gasteiger partial charge >= 0.3 is 0 Å². The van der Waals surface area contributed by atoms with Crippen LogP contribution in [0.15, 0.2) is 40.3 Å². The van der Waals surface area contributed by atoms with Crippen LogP contribution in [0.25, 0.3) is 5.65 Å². The molecule has 0 aliphatic rings. The van der Waals surface area contributed by atoms with E-state index in [1.165, 1.54) is 11.3 Å². The first-order valence-corrected chi connectivity index (χ1v) is 8.78. The second-order valence-corrected chi connectivity index (χ2v) is 7.53. The fourth-order valence-corrected chi connectivity index (χ4v) is 3.50. The molecular weight excluding hydrogens is 394 g/mol. The zero-order chi connectivity index (χ0) is 17.1. The van der Waals surface area contributed by atoms with Crippen LogP contribution in [0.3, 0.4) is 0 Å². The van der Waals surface area contributed by atoms with E-state index in [0.717, 1.165) is 3.79 Å². The monoisotopic (exact) mass is 407 g/mol. The summed E-state index contributed by atoms with van der Waals surface area (Å²) in [4.78, 5) is 24.5. The number of carbonyl (C=O) groups excluding carboxylic acids is 2. The number of pyridine rings is 1. The Hall–Kier alpha value is -2.26. The van der Waals surface area contributed by atoms with E-state index >= 15 is 0 Å². The smallest absolute Gasteiger partial charge is 0.261 e. The molecule has 3 rings (SSSR count). The zero-order valence-corrected chi connectivity index (χ0v) is 15.1. The molecule has 3 aromatic rings. The normalized spacial score (nSPS) is 12.1. The van der Waals surface area contributed by atoms with Crippen molar-refractivity contribution in [3.63, 3.8) is 0 Å². The summed E-state index contributed by atoms with van der Waals surface area (Å²) in [6, 6.07) is 8.74. The van der Waals surface area contributed by atoms with Gasteiger partial charge < -0.3 is 10.6 Å². The number of rotatable bonds is 5. The highest BCUT2D eigenvalue weighted by atomic mass is 79.9. The average Bonchev–Trinajstić information content (AvgIpc) is 3.18. The molecular formula is C15H14BrN5O2S. The maximum Gasteiger partial charge on any atom is 0.261 e. The predicted molar refractivity (Wildman–Crippen MR) is 93.9 cm³/mol. The van der Waals surface area contributed by atoms with E-state index in [9.17, 15) is 9.59 Å². The molecule has 1 unspecified atom stereocenters. The third-order valence-corrected chi connectivity index (χ3v) is 4.93. The highest BCUT2D eigenvalue weighted by Gasteiger charge is 2.16. The fraction of sp³-hybridized carbons (Fsp3) is 0.200. The summed E-state index contributed by atoms with van der Waals surface area (Å²) in [6.45, 7) is 1.72. The Bertz CT molecular complexity index is 891. The van der Waals surface area contributed by atoms with Crippen molar-refractivity contribution in [2.75, 3.05) is 6.54 Å². The number of hydrogen-bond donors (Lipinski definition) is 2. The van der Waals surface area contributed by atoms with Gasteiger partial charge in [-0.3, -0.25) is 14.0 Å². The largest absolute Gasteiger partial charge is 0.345 e. The van der Waals surface area contributed by atoms with Gasteiger partial charge in [-0.1, -0.05) is 6.07 Å². The lowest BCUT2D eigenvalue weighted by atomic mass is 10.3. The standard InChI is InChI=1S/C15H14BrN5O2S/c1-9(14-20-19-12-4-2-3-7-21(12)14)18-13(22)8-17-15(23)10-5-6-11(16)24-10/h2-7,9H,8H2,1H3,(H,17,23)(H,18,22). The maximum atomic E-state index is 12.0. The van der Waals surface area contributed by atoms with Crippen LogP contribution in [-0.2, 0) is 4.79 Å². The molecule has 0 aliphatic carbocycles. The summed E-state index contributed by atoms with van der Waals surface area (Å²) in [5, 5.41) is 13.6. The Kier molecular flexibility index (Phi) is 4.91. The van der Waals surface area contributed by atoms with Gasteiger partial charge in [-0.25, -0.2) is 0 Å². The van der Waals surface area contributed by atoms with Crippen LogP contribution in [0.5, 0.6) is 0 Å². The van der Waals surface area contributed by atoms with Gasteiger partial charge in [-0.05, 0) is 47.1 Å². The van der Waals surface area contributed by atoms with E-state index in [4.69, 9.17) is 0 Å². The summed E-state index contributed by atoms with van der Waals surface area (Å²) in [6.07, 6.45) is 1.84. The first-order valence-electron chi connectivity index (χ1n) is 7.17. The molecule has 3 aromatic heterocycles. The van der Waals surface area contributed by atoms with E-state index in [1.54, 1.807) is 12.1 Å². The van der Waals surface area contributed by atoms with Crippen molar-refractivity contribution in [3.8, 4) is 0 Å². The number of amides is 2. The Labute approximate surface area is 150 Å². The van der Waals surface area contributed by atoms with E-state index in [1.807, 2.05) is 35.7 Å². The van der Waals surface area contributed by atoms with E-state index < -0.39 is 0 Å². The van der Waals surface area contributed by atoms with E-state index in [-0.39, 0.29) is 24.4 Å². The number of nitrogens with zero attached hydrogens (tertiary/aromatic N) is 3. The first-order chi connectivity index (χ1) is 11.5. The number of aromatic nitrogens is 3. The molecule has 24 heavy (non-hydrogen) atoms. The number of thiophene rings is 1. The summed E-state index contributed by atoms with van der Waals surface area (Å²) in [5.74, 6) is 0.0630. The van der Waals surface area contributed by atoms with Gasteiger partial charge in [-0.2, -0.15) is 0 Å². The minimum Gasteiger partial charge on any atom is -0.345 e. The summed E-state index contributed by atoms with van der Waals surface area (Å²) in [7, 11) is 0. The molecule has 2 N–H and O–H groups in total. The van der Waals surface area contributed by atoms with Gasteiger partial charge in [0.25, 0.3) is 5.91 Å². The van der Waals surface area contributed by atoms with E-state index in [2.05, 4.69) is 36.8 Å². The molecule has 0 fully saturated rings. The third kappa shape index (κ3) is 3.62. The van der Waals surface area contributed by atoms with Crippen LogP contribution < -0.4 is 10.6 Å². The molecule has 7 nitrogen and oxygen atoms in total. The van der Waals surface area contributed by atoms with Crippen molar-refractivity contribution in [2.45, 2.75) is 13.0 Å². The van der Waals surface area contributed by atoms with Gasteiger partial charge in [0, 0.05) is 6.20 Å². The number of nitrogens with one attached hydrogen (secondary N) is 2. The summed E-state index contributed by atoms with van der Waals surface area (Å²) < 4.78 is 2.68. The van der Waals surface area contributed by atoms with Crippen LogP contribution >= 0.6 is 27.3 Å². The third-order valence-electron chi connectivity index (χ3n) is 3.31. The van der Waals surface area contributed by atoms with Gasteiger partial charge in [0.2, 0.25) is 5.91 Å². The molecule has 1 atom stereocenters. The number of hydrogen-bond acceptors (Lipinski definition) is 5. The molecule has 124 valence electrons. The Morgan fingerprint density at radius 2 is 2.12 bits per heavy atom. The van der Waals surface area contributed by atoms with Crippen LogP contribution in [0.4, 0.5) is 0 Å². The molecule has 0 bridgehead atoms. The highest BCUT2D eigenvalue weighted by molar-refractivity contribution is 9.11. The highest BCUT2D eigenvalue weighted by Crippen LogP contribution is 2.21. The minimum absolute atomic E-state index is 0.102. The molecule has 0 radical (unpaired) electrons. The van der Waals surface area contributed by atoms with Crippen LogP contribution in [0.1, 0.15) is 28.5 Å². The SMILES string of the molecule is CC(NC(=O)CNC(=O)c1ccc(Br)s1)c1nnc2ccccn12. The Morgan fingerprint density at radius 1 is 1.29 bits per heavy atom. The molecule has 3 heterocycles. The molecule has 0 aromatic carbocycles. The zero-order valence-electron chi connectivity index (χ0n) is 12.7. The number of fused-ring (bicyclic) bond motifs is 1. The van der Waals surface area contributed by atoms with Gasteiger partial charge in [0.15, 0.2) is 11.5 Å². The lowest BCUT2D eigenvalue weighted by molar-refractivity contribution is -0.120. The molecule has 0 saturated carbocycles. The van der Waals surface area contributed by atoms with Crippen LogP contribution in [0.2, 0.25) is 0 Å². The van der Waals surface area contributed by atoms with Gasteiger partial charge in [-0.15, -0.1) is 21.5 Å². The topological polar surface area (TPSA) is 88.4 Å². The van der Waals surface area contributed by atoms with Crippen molar-refractivity contribution in [3.05, 3.63) is 51.0 Å². The molecule has 0 spiro atoms. The lowest BCUT2D eigenvalue weighted by Crippen LogP contribution is -2.38. The van der Waals surface area contributed by atoms with Crippen LogP contribution in [-0.4, -0.2) is 33.0 Å². The quantitative estimate of drug-likeness (QED) is 0.677. The van der Waals surface area contributed by atoms with Crippen LogP contribution in [0, 0.1) is 0 Å².